The van der Waals surface area contributed by atoms with E-state index in [4.69, 9.17) is 8.83 Å². The van der Waals surface area contributed by atoms with Gasteiger partial charge in [-0.3, -0.25) is 0 Å². The molecule has 4 heteroatoms. The van der Waals surface area contributed by atoms with E-state index in [9.17, 15) is 0 Å². The van der Waals surface area contributed by atoms with E-state index in [0.717, 1.165) is 80.3 Å². The topological polar surface area (TPSA) is 32.8 Å². The number of nitrogens with zero attached hydrogens (tertiary/aromatic N) is 2. The van der Waals surface area contributed by atoms with Gasteiger partial charge in [-0.05, 0) is 112 Å². The molecule has 2 heterocycles. The number of aryl methyl sites for hydroxylation is 1. The van der Waals surface area contributed by atoms with Crippen LogP contribution in [0.15, 0.2) is 179 Å². The molecule has 0 spiro atoms. The Balaban J connectivity index is 1.19. The van der Waals surface area contributed by atoms with Crippen LogP contribution in [0.4, 0.5) is 28.4 Å². The summed E-state index contributed by atoms with van der Waals surface area (Å²) in [5, 5.41) is 11.0. The maximum Gasteiger partial charge on any atom is 0.159 e. The molecule has 0 N–H and O–H groups in total. The van der Waals surface area contributed by atoms with E-state index in [1.165, 1.54) is 54.4 Å². The Morgan fingerprint density at radius 1 is 0.435 bits per heavy atom. The summed E-state index contributed by atoms with van der Waals surface area (Å²) in [6, 6.07) is 59.5. The summed E-state index contributed by atoms with van der Waals surface area (Å²) in [6.45, 7) is 9.31. The standard InChI is InChI=1S/C58H46N2O2/c1-35(2)47-33-51(59(37-17-7-5-8-18-37)49-25-15-23-43-39-21-11-13-27-53(39)61-57(43)49)45-32-30-42-48(36(3)4)34-52(46-31-29-41(47)55(45)56(42)46)60(38-19-9-6-10-20-38)50-26-16-24-44-40-22-12-14-28-54(40)62-58(44)50/h5-15,17-23,25-36H,16,24H2,1-4H3. The first-order valence-electron chi connectivity index (χ1n) is 22.0. The van der Waals surface area contributed by atoms with E-state index in [0.29, 0.717) is 0 Å². The van der Waals surface area contributed by atoms with Crippen molar-refractivity contribution in [1.29, 1.82) is 0 Å². The first kappa shape index (κ1) is 36.5. The van der Waals surface area contributed by atoms with Crippen molar-refractivity contribution in [2.75, 3.05) is 9.80 Å². The average molecular weight is 803 g/mol. The second-order valence-corrected chi connectivity index (χ2v) is 17.5. The molecular weight excluding hydrogens is 757 g/mol. The molecule has 0 aliphatic heterocycles. The van der Waals surface area contributed by atoms with Gasteiger partial charge < -0.3 is 18.6 Å². The molecule has 1 aliphatic carbocycles. The van der Waals surface area contributed by atoms with Crippen molar-refractivity contribution in [1.82, 2.24) is 0 Å². The molecule has 2 aromatic heterocycles. The normalized spacial score (nSPS) is 13.1. The van der Waals surface area contributed by atoms with Gasteiger partial charge >= 0.3 is 0 Å². The number of furan rings is 2. The fourth-order valence-electron chi connectivity index (χ4n) is 10.4. The molecule has 0 saturated carbocycles. The first-order valence-corrected chi connectivity index (χ1v) is 22.0. The van der Waals surface area contributed by atoms with Crippen LogP contribution in [0.3, 0.4) is 0 Å². The van der Waals surface area contributed by atoms with Gasteiger partial charge in [0.05, 0.1) is 22.8 Å². The van der Waals surface area contributed by atoms with Crippen LogP contribution in [0.2, 0.25) is 0 Å². The Kier molecular flexibility index (Phi) is 8.33. The molecule has 0 unspecified atom stereocenters. The van der Waals surface area contributed by atoms with Gasteiger partial charge in [0.25, 0.3) is 0 Å². The Morgan fingerprint density at radius 3 is 1.58 bits per heavy atom. The van der Waals surface area contributed by atoms with Crippen molar-refractivity contribution in [3.05, 3.63) is 192 Å². The van der Waals surface area contributed by atoms with Gasteiger partial charge in [-0.15, -0.1) is 0 Å². The van der Waals surface area contributed by atoms with Gasteiger partial charge in [-0.25, -0.2) is 0 Å². The number of anilines is 5. The van der Waals surface area contributed by atoms with Gasteiger partial charge in [0.1, 0.15) is 11.2 Å². The molecular formula is C58H46N2O2. The third-order valence-electron chi connectivity index (χ3n) is 13.2. The maximum absolute atomic E-state index is 6.82. The van der Waals surface area contributed by atoms with Crippen LogP contribution in [-0.2, 0) is 6.42 Å². The SMILES string of the molecule is CC(C)c1cc(N(C2=CCCc3c2oc2ccccc32)c2ccccc2)c2ccc3c(C(C)C)cc(N(c4ccccc4)c4cccc5c4oc4ccccc45)c4ccc1c2c34. The summed E-state index contributed by atoms with van der Waals surface area (Å²) < 4.78 is 13.6. The zero-order valence-electron chi connectivity index (χ0n) is 35.4. The van der Waals surface area contributed by atoms with Crippen molar-refractivity contribution < 1.29 is 8.83 Å². The first-order chi connectivity index (χ1) is 30.4. The van der Waals surface area contributed by atoms with Crippen molar-refractivity contribution in [3.8, 4) is 0 Å². The lowest BCUT2D eigenvalue weighted by atomic mass is 9.84. The monoisotopic (exact) mass is 802 g/mol. The summed E-state index contributed by atoms with van der Waals surface area (Å²) in [5.74, 6) is 1.50. The minimum absolute atomic E-state index is 0.265. The van der Waals surface area contributed by atoms with Gasteiger partial charge in [-0.1, -0.05) is 143 Å². The van der Waals surface area contributed by atoms with Crippen LogP contribution in [0.25, 0.3) is 70.9 Å². The minimum Gasteiger partial charge on any atom is -0.454 e. The Bertz CT molecular complexity index is 3540. The largest absolute Gasteiger partial charge is 0.454 e. The molecule has 300 valence electrons. The highest BCUT2D eigenvalue weighted by molar-refractivity contribution is 6.30. The predicted octanol–water partition coefficient (Wildman–Crippen LogP) is 17.1. The lowest BCUT2D eigenvalue weighted by Gasteiger charge is -2.32. The molecule has 11 aromatic rings. The van der Waals surface area contributed by atoms with Crippen LogP contribution >= 0.6 is 0 Å². The molecule has 0 bridgehead atoms. The van der Waals surface area contributed by atoms with E-state index in [-0.39, 0.29) is 11.8 Å². The quantitative estimate of drug-likeness (QED) is 0.143. The highest BCUT2D eigenvalue weighted by Crippen LogP contribution is 2.52. The number of hydrogen-bond acceptors (Lipinski definition) is 4. The highest BCUT2D eigenvalue weighted by Gasteiger charge is 2.31. The third-order valence-corrected chi connectivity index (χ3v) is 13.2. The molecule has 0 atom stereocenters. The number of fused-ring (bicyclic) bond motifs is 6. The molecule has 0 fully saturated rings. The lowest BCUT2D eigenvalue weighted by Crippen LogP contribution is -2.19. The van der Waals surface area contributed by atoms with E-state index in [1.807, 2.05) is 6.07 Å². The van der Waals surface area contributed by atoms with Gasteiger partial charge in [-0.2, -0.15) is 0 Å². The average Bonchev–Trinajstić information content (AvgIpc) is 3.89. The molecule has 1 aliphatic rings. The molecule has 0 saturated heterocycles. The summed E-state index contributed by atoms with van der Waals surface area (Å²) in [7, 11) is 0. The molecule has 0 radical (unpaired) electrons. The molecule has 0 amide bonds. The summed E-state index contributed by atoms with van der Waals surface area (Å²) >= 11 is 0. The van der Waals surface area contributed by atoms with Crippen LogP contribution in [-0.4, -0.2) is 0 Å². The summed E-state index contributed by atoms with van der Waals surface area (Å²) in [4.78, 5) is 4.90. The molecule has 4 nitrogen and oxygen atoms in total. The summed E-state index contributed by atoms with van der Waals surface area (Å²) in [6.07, 6.45) is 4.28. The van der Waals surface area contributed by atoms with Gasteiger partial charge in [0, 0.05) is 43.9 Å². The smallest absolute Gasteiger partial charge is 0.159 e. The van der Waals surface area contributed by atoms with E-state index >= 15 is 0 Å². The highest BCUT2D eigenvalue weighted by atomic mass is 16.3. The van der Waals surface area contributed by atoms with Crippen molar-refractivity contribution >= 4 is 99.4 Å². The van der Waals surface area contributed by atoms with Crippen LogP contribution < -0.4 is 9.80 Å². The molecule has 62 heavy (non-hydrogen) atoms. The lowest BCUT2D eigenvalue weighted by molar-refractivity contribution is 0.588. The second kappa shape index (κ2) is 14.1. The Labute approximate surface area is 361 Å². The van der Waals surface area contributed by atoms with Gasteiger partial charge in [0.2, 0.25) is 0 Å². The van der Waals surface area contributed by atoms with Crippen molar-refractivity contribution in [3.63, 3.8) is 0 Å². The zero-order valence-corrected chi connectivity index (χ0v) is 35.4. The van der Waals surface area contributed by atoms with E-state index in [1.54, 1.807) is 0 Å². The van der Waals surface area contributed by atoms with Crippen LogP contribution in [0.5, 0.6) is 0 Å². The van der Waals surface area contributed by atoms with Crippen molar-refractivity contribution in [2.24, 2.45) is 0 Å². The number of hydrogen-bond donors (Lipinski definition) is 0. The van der Waals surface area contributed by atoms with E-state index in [2.05, 4.69) is 201 Å². The van der Waals surface area contributed by atoms with Crippen molar-refractivity contribution in [2.45, 2.75) is 52.4 Å². The predicted molar refractivity (Wildman–Crippen MR) is 261 cm³/mol. The zero-order chi connectivity index (χ0) is 41.6. The molecule has 9 aromatic carbocycles. The fourth-order valence-corrected chi connectivity index (χ4v) is 10.4. The molecule has 12 rings (SSSR count). The minimum atomic E-state index is 0.265. The second-order valence-electron chi connectivity index (χ2n) is 17.5. The third kappa shape index (κ3) is 5.45. The van der Waals surface area contributed by atoms with Crippen LogP contribution in [0.1, 0.15) is 68.4 Å². The Hall–Kier alpha value is -7.30. The van der Waals surface area contributed by atoms with E-state index < -0.39 is 0 Å². The fraction of sp³-hybridized carbons (Fsp3) is 0.138. The van der Waals surface area contributed by atoms with Crippen LogP contribution in [0, 0.1) is 0 Å². The summed E-state index contributed by atoms with van der Waals surface area (Å²) in [5.41, 5.74) is 13.2. The number of benzene rings is 9. The Morgan fingerprint density at radius 2 is 0.952 bits per heavy atom. The number of allylic oxidation sites excluding steroid dienone is 1. The number of para-hydroxylation sites is 5. The number of rotatable bonds is 8. The van der Waals surface area contributed by atoms with Gasteiger partial charge in [0.15, 0.2) is 11.3 Å². The maximum atomic E-state index is 6.82.